The van der Waals surface area contributed by atoms with Crippen LogP contribution in [0.25, 0.3) is 11.3 Å². The van der Waals surface area contributed by atoms with E-state index in [0.717, 1.165) is 0 Å². The fourth-order valence-electron chi connectivity index (χ4n) is 2.48. The lowest BCUT2D eigenvalue weighted by atomic mass is 10.1. The topological polar surface area (TPSA) is 103 Å². The largest absolute Gasteiger partial charge is 0.497 e. The van der Waals surface area contributed by atoms with E-state index in [1.807, 2.05) is 0 Å². The van der Waals surface area contributed by atoms with Gasteiger partial charge >= 0.3 is 6.09 Å². The first-order valence-electron chi connectivity index (χ1n) is 8.23. The fraction of sp³-hybridized carbons (Fsp3) is 0.105. The lowest BCUT2D eigenvalue weighted by molar-refractivity contribution is 0.0927. The van der Waals surface area contributed by atoms with Crippen molar-refractivity contribution < 1.29 is 23.6 Å². The highest BCUT2D eigenvalue weighted by molar-refractivity contribution is 6.39. The molecule has 0 atom stereocenters. The van der Waals surface area contributed by atoms with Crippen LogP contribution < -0.4 is 20.3 Å². The van der Waals surface area contributed by atoms with Gasteiger partial charge in [0.05, 0.1) is 17.2 Å². The van der Waals surface area contributed by atoms with Crippen LogP contribution in [-0.2, 0) is 0 Å². The van der Waals surface area contributed by atoms with Crippen LogP contribution in [0.1, 0.15) is 16.1 Å². The molecule has 0 saturated carbocycles. The first-order chi connectivity index (χ1) is 13.9. The van der Waals surface area contributed by atoms with Crippen molar-refractivity contribution in [2.24, 2.45) is 0 Å². The summed E-state index contributed by atoms with van der Waals surface area (Å²) in [7, 11) is 1.52. The van der Waals surface area contributed by atoms with Gasteiger partial charge in [0.2, 0.25) is 0 Å². The summed E-state index contributed by atoms with van der Waals surface area (Å²) in [6.45, 7) is 1.55. The number of methoxy groups -OCH3 is 1. The van der Waals surface area contributed by atoms with E-state index in [4.69, 9.17) is 37.2 Å². The highest BCUT2D eigenvalue weighted by Crippen LogP contribution is 2.36. The SMILES string of the molecule is COc1ccc(OC(=O)NNC(=O)c2c(-c3c(Cl)cccc3Cl)noc2C)cc1. The molecule has 1 heterocycles. The zero-order chi connectivity index (χ0) is 21.0. The van der Waals surface area contributed by atoms with Crippen LogP contribution in [-0.4, -0.2) is 24.3 Å². The predicted molar refractivity (Wildman–Crippen MR) is 106 cm³/mol. The number of amides is 2. The minimum Gasteiger partial charge on any atom is -0.497 e. The van der Waals surface area contributed by atoms with Crippen LogP contribution in [0.5, 0.6) is 11.5 Å². The standard InChI is InChI=1S/C19H15Cl2N3O5/c1-10-15(17(24-29-10)16-13(20)4-3-5-14(16)21)18(25)22-23-19(26)28-12-8-6-11(27-2)7-9-12/h3-9H,1-2H3,(H,22,25)(H,23,26). The Kier molecular flexibility index (Phi) is 6.26. The molecule has 0 fully saturated rings. The van der Waals surface area contributed by atoms with Crippen molar-refractivity contribution in [2.75, 3.05) is 7.11 Å². The average Bonchev–Trinajstić information content (AvgIpc) is 3.08. The second kappa shape index (κ2) is 8.85. The van der Waals surface area contributed by atoms with Gasteiger partial charge in [-0.15, -0.1) is 0 Å². The van der Waals surface area contributed by atoms with E-state index in [1.165, 1.54) is 7.11 Å². The van der Waals surface area contributed by atoms with Crippen molar-refractivity contribution in [3.8, 4) is 22.8 Å². The van der Waals surface area contributed by atoms with Crippen molar-refractivity contribution in [2.45, 2.75) is 6.92 Å². The maximum atomic E-state index is 12.6. The van der Waals surface area contributed by atoms with Gasteiger partial charge in [0.1, 0.15) is 28.5 Å². The van der Waals surface area contributed by atoms with Gasteiger partial charge in [-0.2, -0.15) is 0 Å². The van der Waals surface area contributed by atoms with Crippen LogP contribution >= 0.6 is 23.2 Å². The Hall–Kier alpha value is -3.23. The molecule has 8 nitrogen and oxygen atoms in total. The molecule has 0 spiro atoms. The Morgan fingerprint density at radius 2 is 1.62 bits per heavy atom. The molecular formula is C19H15Cl2N3O5. The van der Waals surface area contributed by atoms with E-state index in [-0.39, 0.29) is 22.8 Å². The molecule has 3 rings (SSSR count). The van der Waals surface area contributed by atoms with Crippen LogP contribution in [0.4, 0.5) is 4.79 Å². The van der Waals surface area contributed by atoms with E-state index in [1.54, 1.807) is 49.4 Å². The Bertz CT molecular complexity index is 1030. The number of aromatic nitrogens is 1. The Morgan fingerprint density at radius 1 is 1.00 bits per heavy atom. The van der Waals surface area contributed by atoms with Crippen LogP contribution in [0.15, 0.2) is 47.0 Å². The number of hydrazine groups is 1. The number of carbonyl (C=O) groups excluding carboxylic acids is 2. The summed E-state index contributed by atoms with van der Waals surface area (Å²) in [6, 6.07) is 11.2. The van der Waals surface area contributed by atoms with Gasteiger partial charge in [-0.1, -0.05) is 34.4 Å². The zero-order valence-corrected chi connectivity index (χ0v) is 16.8. The molecule has 0 saturated heterocycles. The summed E-state index contributed by atoms with van der Waals surface area (Å²) in [5.74, 6) is 0.419. The molecule has 2 N–H and O–H groups in total. The van der Waals surface area contributed by atoms with Gasteiger partial charge in [0, 0.05) is 5.56 Å². The summed E-state index contributed by atoms with van der Waals surface area (Å²) < 4.78 is 15.2. The molecule has 0 aliphatic carbocycles. The van der Waals surface area contributed by atoms with Crippen molar-refractivity contribution in [3.63, 3.8) is 0 Å². The Balaban J connectivity index is 1.71. The smallest absolute Gasteiger partial charge is 0.431 e. The van der Waals surface area contributed by atoms with E-state index < -0.39 is 12.0 Å². The van der Waals surface area contributed by atoms with Crippen molar-refractivity contribution in [3.05, 3.63) is 63.8 Å². The Morgan fingerprint density at radius 3 is 2.24 bits per heavy atom. The van der Waals surface area contributed by atoms with Gasteiger partial charge in [0.25, 0.3) is 5.91 Å². The van der Waals surface area contributed by atoms with E-state index in [0.29, 0.717) is 21.4 Å². The van der Waals surface area contributed by atoms with Gasteiger partial charge in [-0.3, -0.25) is 10.2 Å². The van der Waals surface area contributed by atoms with Crippen LogP contribution in [0.3, 0.4) is 0 Å². The molecule has 1 aromatic heterocycles. The third-order valence-corrected chi connectivity index (χ3v) is 4.47. The highest BCUT2D eigenvalue weighted by atomic mass is 35.5. The zero-order valence-electron chi connectivity index (χ0n) is 15.3. The summed E-state index contributed by atoms with van der Waals surface area (Å²) in [5.41, 5.74) is 4.97. The summed E-state index contributed by atoms with van der Waals surface area (Å²) >= 11 is 12.4. The second-order valence-electron chi connectivity index (χ2n) is 5.70. The minimum absolute atomic E-state index is 0.0738. The third-order valence-electron chi connectivity index (χ3n) is 3.84. The van der Waals surface area contributed by atoms with Crippen LogP contribution in [0, 0.1) is 6.92 Å². The molecule has 29 heavy (non-hydrogen) atoms. The number of hydrogen-bond donors (Lipinski definition) is 2. The van der Waals surface area contributed by atoms with Crippen molar-refractivity contribution in [1.29, 1.82) is 0 Å². The number of halogens is 2. The number of ether oxygens (including phenoxy) is 2. The molecule has 10 heteroatoms. The molecule has 2 amide bonds. The number of benzene rings is 2. The van der Waals surface area contributed by atoms with E-state index in [9.17, 15) is 9.59 Å². The maximum Gasteiger partial charge on any atom is 0.431 e. The summed E-state index contributed by atoms with van der Waals surface area (Å²) in [4.78, 5) is 24.5. The van der Waals surface area contributed by atoms with E-state index in [2.05, 4.69) is 16.0 Å². The molecule has 0 bridgehead atoms. The number of rotatable bonds is 4. The quantitative estimate of drug-likeness (QED) is 0.588. The fourth-order valence-corrected chi connectivity index (χ4v) is 3.06. The molecule has 0 aliphatic rings. The molecular weight excluding hydrogens is 421 g/mol. The van der Waals surface area contributed by atoms with Gasteiger partial charge in [-0.25, -0.2) is 10.2 Å². The molecule has 0 aliphatic heterocycles. The average molecular weight is 436 g/mol. The van der Waals surface area contributed by atoms with Crippen molar-refractivity contribution in [1.82, 2.24) is 16.0 Å². The van der Waals surface area contributed by atoms with Crippen LogP contribution in [0.2, 0.25) is 10.0 Å². The van der Waals surface area contributed by atoms with Crippen molar-refractivity contribution >= 4 is 35.2 Å². The first-order valence-corrected chi connectivity index (χ1v) is 8.99. The molecule has 150 valence electrons. The first kappa shape index (κ1) is 20.5. The molecule has 0 radical (unpaired) electrons. The lowest BCUT2D eigenvalue weighted by Crippen LogP contribution is -2.43. The van der Waals surface area contributed by atoms with E-state index >= 15 is 0 Å². The number of aryl methyl sites for hydroxylation is 1. The molecule has 0 unspecified atom stereocenters. The number of nitrogens with zero attached hydrogens (tertiary/aromatic N) is 1. The minimum atomic E-state index is -0.894. The monoisotopic (exact) mass is 435 g/mol. The number of hydrogen-bond acceptors (Lipinski definition) is 6. The predicted octanol–water partition coefficient (Wildman–Crippen LogP) is 4.40. The maximum absolute atomic E-state index is 12.6. The second-order valence-corrected chi connectivity index (χ2v) is 6.52. The summed E-state index contributed by atoms with van der Waals surface area (Å²) in [6.07, 6.45) is -0.894. The third kappa shape index (κ3) is 4.61. The molecule has 3 aromatic rings. The summed E-state index contributed by atoms with van der Waals surface area (Å²) in [5, 5.41) is 4.48. The number of carbonyl (C=O) groups is 2. The van der Waals surface area contributed by atoms with Gasteiger partial charge < -0.3 is 14.0 Å². The van der Waals surface area contributed by atoms with Gasteiger partial charge in [-0.05, 0) is 43.3 Å². The molecule has 2 aromatic carbocycles. The highest BCUT2D eigenvalue weighted by Gasteiger charge is 2.25. The van der Waals surface area contributed by atoms with Gasteiger partial charge in [0.15, 0.2) is 0 Å². The number of nitrogens with one attached hydrogen (secondary N) is 2. The normalized spacial score (nSPS) is 10.3. The lowest BCUT2D eigenvalue weighted by Gasteiger charge is -2.09. The Labute approximate surface area is 175 Å².